The molecule has 2 saturated heterocycles. The maximum Gasteiger partial charge on any atom is 0.224 e. The number of carbonyl (C=O) groups is 1. The summed E-state index contributed by atoms with van der Waals surface area (Å²) in [6, 6.07) is 0.505. The first-order valence-corrected chi connectivity index (χ1v) is 8.42. The van der Waals surface area contributed by atoms with Gasteiger partial charge in [0.25, 0.3) is 0 Å². The molecular formula is C16H29N3O. The van der Waals surface area contributed by atoms with Crippen LogP contribution in [0, 0.1) is 11.8 Å². The smallest absolute Gasteiger partial charge is 0.224 e. The largest absolute Gasteiger partial charge is 0.353 e. The van der Waals surface area contributed by atoms with Crippen LogP contribution >= 0.6 is 0 Å². The highest BCUT2D eigenvalue weighted by Gasteiger charge is 2.31. The Kier molecular flexibility index (Phi) is 4.61. The van der Waals surface area contributed by atoms with Gasteiger partial charge in [0.1, 0.15) is 0 Å². The summed E-state index contributed by atoms with van der Waals surface area (Å²) in [6.07, 6.45) is 7.35. The number of likely N-dealkylation sites (tertiary alicyclic amines) is 2. The van der Waals surface area contributed by atoms with Gasteiger partial charge in [-0.1, -0.05) is 0 Å². The Bertz CT molecular complexity index is 343. The number of nitrogens with zero attached hydrogens (tertiary/aromatic N) is 2. The van der Waals surface area contributed by atoms with E-state index in [1.54, 1.807) is 0 Å². The van der Waals surface area contributed by atoms with Gasteiger partial charge in [-0.2, -0.15) is 0 Å². The van der Waals surface area contributed by atoms with Crippen LogP contribution in [0.2, 0.25) is 0 Å². The molecule has 4 nitrogen and oxygen atoms in total. The van der Waals surface area contributed by atoms with Crippen LogP contribution in [0.4, 0.5) is 0 Å². The molecule has 0 radical (unpaired) electrons. The molecule has 1 aliphatic carbocycles. The Hall–Kier alpha value is -0.610. The van der Waals surface area contributed by atoms with Crippen LogP contribution in [0.25, 0.3) is 0 Å². The zero-order valence-electron chi connectivity index (χ0n) is 12.8. The molecule has 0 aromatic rings. The number of amides is 1. The fourth-order valence-corrected chi connectivity index (χ4v) is 3.77. The molecule has 0 bridgehead atoms. The minimum atomic E-state index is 0.241. The third kappa shape index (κ3) is 3.95. The van der Waals surface area contributed by atoms with Gasteiger partial charge in [0.05, 0.1) is 5.92 Å². The molecule has 0 spiro atoms. The van der Waals surface area contributed by atoms with Crippen molar-refractivity contribution in [2.45, 2.75) is 44.6 Å². The topological polar surface area (TPSA) is 35.6 Å². The highest BCUT2D eigenvalue weighted by molar-refractivity contribution is 5.79. The van der Waals surface area contributed by atoms with Gasteiger partial charge in [-0.3, -0.25) is 4.79 Å². The lowest BCUT2D eigenvalue weighted by molar-refractivity contribution is -0.127. The van der Waals surface area contributed by atoms with E-state index in [2.05, 4.69) is 22.2 Å². The van der Waals surface area contributed by atoms with Crippen molar-refractivity contribution < 1.29 is 4.79 Å². The summed E-state index contributed by atoms with van der Waals surface area (Å²) in [6.45, 7) is 5.85. The number of nitrogens with one attached hydrogen (secondary N) is 1. The Morgan fingerprint density at radius 3 is 2.65 bits per heavy atom. The van der Waals surface area contributed by atoms with Gasteiger partial charge in [-0.25, -0.2) is 0 Å². The summed E-state index contributed by atoms with van der Waals surface area (Å²) in [5, 5.41) is 3.18. The fourth-order valence-electron chi connectivity index (χ4n) is 3.77. The van der Waals surface area contributed by atoms with Crippen LogP contribution < -0.4 is 5.32 Å². The van der Waals surface area contributed by atoms with Crippen LogP contribution in [0.15, 0.2) is 0 Å². The van der Waals surface area contributed by atoms with Gasteiger partial charge < -0.3 is 15.1 Å². The van der Waals surface area contributed by atoms with Gasteiger partial charge in [0.2, 0.25) is 5.91 Å². The summed E-state index contributed by atoms with van der Waals surface area (Å²) in [5.41, 5.74) is 0. The molecular weight excluding hydrogens is 250 g/mol. The summed E-state index contributed by atoms with van der Waals surface area (Å²) < 4.78 is 0. The molecule has 20 heavy (non-hydrogen) atoms. The van der Waals surface area contributed by atoms with Crippen LogP contribution in [0.1, 0.15) is 38.5 Å². The molecule has 1 amide bonds. The molecule has 114 valence electrons. The highest BCUT2D eigenvalue weighted by atomic mass is 16.2. The molecule has 1 N–H and O–H groups in total. The minimum Gasteiger partial charge on any atom is -0.353 e. The second-order valence-electron chi connectivity index (χ2n) is 7.15. The van der Waals surface area contributed by atoms with E-state index in [-0.39, 0.29) is 5.92 Å². The van der Waals surface area contributed by atoms with Crippen LogP contribution in [-0.4, -0.2) is 61.5 Å². The molecule has 2 unspecified atom stereocenters. The summed E-state index contributed by atoms with van der Waals surface area (Å²) >= 11 is 0. The summed E-state index contributed by atoms with van der Waals surface area (Å²) in [4.78, 5) is 17.2. The van der Waals surface area contributed by atoms with E-state index in [9.17, 15) is 4.79 Å². The molecule has 2 aliphatic heterocycles. The van der Waals surface area contributed by atoms with Crippen LogP contribution in [-0.2, 0) is 4.79 Å². The van der Waals surface area contributed by atoms with Gasteiger partial charge in [-0.05, 0) is 64.6 Å². The summed E-state index contributed by atoms with van der Waals surface area (Å²) in [5.74, 6) is 1.36. The van der Waals surface area contributed by atoms with Crippen molar-refractivity contribution in [2.75, 3.05) is 39.8 Å². The molecule has 0 aromatic carbocycles. The van der Waals surface area contributed by atoms with Crippen molar-refractivity contribution in [1.29, 1.82) is 0 Å². The Morgan fingerprint density at radius 2 is 1.90 bits per heavy atom. The Balaban J connectivity index is 1.45. The average Bonchev–Trinajstić information content (AvgIpc) is 3.23. The maximum absolute atomic E-state index is 12.2. The van der Waals surface area contributed by atoms with Gasteiger partial charge in [0.15, 0.2) is 0 Å². The van der Waals surface area contributed by atoms with Crippen molar-refractivity contribution >= 4 is 5.91 Å². The maximum atomic E-state index is 12.2. The van der Waals surface area contributed by atoms with Gasteiger partial charge in [0, 0.05) is 25.7 Å². The first kappa shape index (κ1) is 14.3. The van der Waals surface area contributed by atoms with Crippen molar-refractivity contribution in [3.63, 3.8) is 0 Å². The lowest BCUT2D eigenvalue weighted by Crippen LogP contribution is -2.46. The summed E-state index contributed by atoms with van der Waals surface area (Å²) in [7, 11) is 2.23. The van der Waals surface area contributed by atoms with E-state index in [4.69, 9.17) is 0 Å². The monoisotopic (exact) mass is 279 g/mol. The quantitative estimate of drug-likeness (QED) is 0.843. The van der Waals surface area contributed by atoms with Crippen molar-refractivity contribution in [3.05, 3.63) is 0 Å². The highest BCUT2D eigenvalue weighted by Crippen LogP contribution is 2.24. The van der Waals surface area contributed by atoms with Crippen molar-refractivity contribution in [3.8, 4) is 0 Å². The van der Waals surface area contributed by atoms with Crippen molar-refractivity contribution in [1.82, 2.24) is 15.1 Å². The van der Waals surface area contributed by atoms with E-state index in [1.807, 2.05) is 0 Å². The SMILES string of the molecule is CN1CCCC(CN2CCCC(C(=O)NC3CC3)C2)C1. The molecule has 4 heteroatoms. The number of carbonyl (C=O) groups excluding carboxylic acids is 1. The third-order valence-corrected chi connectivity index (χ3v) is 5.04. The number of hydrogen-bond acceptors (Lipinski definition) is 3. The molecule has 3 fully saturated rings. The van der Waals surface area contributed by atoms with E-state index in [0.29, 0.717) is 11.9 Å². The van der Waals surface area contributed by atoms with Gasteiger partial charge >= 0.3 is 0 Å². The van der Waals surface area contributed by atoms with Gasteiger partial charge in [-0.15, -0.1) is 0 Å². The number of rotatable bonds is 4. The number of hydrogen-bond donors (Lipinski definition) is 1. The molecule has 2 atom stereocenters. The molecule has 3 aliphatic rings. The lowest BCUT2D eigenvalue weighted by atomic mass is 9.93. The lowest BCUT2D eigenvalue weighted by Gasteiger charge is -2.37. The van der Waals surface area contributed by atoms with E-state index in [1.165, 1.54) is 58.3 Å². The molecule has 3 rings (SSSR count). The first-order chi connectivity index (χ1) is 9.70. The van der Waals surface area contributed by atoms with Crippen molar-refractivity contribution in [2.24, 2.45) is 11.8 Å². The van der Waals surface area contributed by atoms with E-state index in [0.717, 1.165) is 18.9 Å². The first-order valence-electron chi connectivity index (χ1n) is 8.42. The predicted octanol–water partition coefficient (Wildman–Crippen LogP) is 1.32. The Morgan fingerprint density at radius 1 is 1.10 bits per heavy atom. The third-order valence-electron chi connectivity index (χ3n) is 5.04. The number of piperidine rings is 2. The average molecular weight is 279 g/mol. The second kappa shape index (κ2) is 6.44. The zero-order chi connectivity index (χ0) is 13.9. The normalized spacial score (nSPS) is 33.0. The van der Waals surface area contributed by atoms with E-state index < -0.39 is 0 Å². The Labute approximate surface area is 122 Å². The minimum absolute atomic E-state index is 0.241. The fraction of sp³-hybridized carbons (Fsp3) is 0.938. The molecule has 0 aromatic heterocycles. The predicted molar refractivity (Wildman–Crippen MR) is 80.5 cm³/mol. The second-order valence-corrected chi connectivity index (χ2v) is 7.15. The molecule has 2 heterocycles. The van der Waals surface area contributed by atoms with Crippen LogP contribution in [0.3, 0.4) is 0 Å². The van der Waals surface area contributed by atoms with Crippen LogP contribution in [0.5, 0.6) is 0 Å². The standard InChI is InChI=1S/C16H29N3O/c1-18-8-2-4-13(10-18)11-19-9-3-5-14(12-19)16(20)17-15-6-7-15/h13-15H,2-12H2,1H3,(H,17,20). The zero-order valence-corrected chi connectivity index (χ0v) is 12.8. The molecule has 1 saturated carbocycles. The van der Waals surface area contributed by atoms with E-state index >= 15 is 0 Å².